The zero-order valence-electron chi connectivity index (χ0n) is 18.4. The predicted octanol–water partition coefficient (Wildman–Crippen LogP) is 4.64. The van der Waals surface area contributed by atoms with Crippen molar-refractivity contribution in [2.45, 2.75) is 33.4 Å². The SMILES string of the molecule is Cc1cccc(OCC(=O)Nc2ccc3c(c2)OC(C)C(=O)N3Cc2ccccc2)c1C. The molecule has 6 nitrogen and oxygen atoms in total. The van der Waals surface area contributed by atoms with E-state index in [-0.39, 0.29) is 18.4 Å². The van der Waals surface area contributed by atoms with E-state index in [0.29, 0.717) is 29.4 Å². The number of aryl methyl sites for hydroxylation is 1. The van der Waals surface area contributed by atoms with Gasteiger partial charge in [0.15, 0.2) is 12.7 Å². The van der Waals surface area contributed by atoms with E-state index in [2.05, 4.69) is 5.32 Å². The van der Waals surface area contributed by atoms with E-state index < -0.39 is 6.10 Å². The van der Waals surface area contributed by atoms with Gasteiger partial charge < -0.3 is 19.7 Å². The fourth-order valence-corrected chi connectivity index (χ4v) is 3.64. The summed E-state index contributed by atoms with van der Waals surface area (Å²) in [6.07, 6.45) is -0.607. The first-order valence-electron chi connectivity index (χ1n) is 10.6. The summed E-state index contributed by atoms with van der Waals surface area (Å²) in [4.78, 5) is 26.9. The third-order valence-electron chi connectivity index (χ3n) is 5.55. The maximum atomic E-state index is 12.7. The Hall–Kier alpha value is -3.80. The summed E-state index contributed by atoms with van der Waals surface area (Å²) >= 11 is 0. The number of hydrogen-bond donors (Lipinski definition) is 1. The van der Waals surface area contributed by atoms with Crippen molar-refractivity contribution in [2.24, 2.45) is 0 Å². The highest BCUT2D eigenvalue weighted by Gasteiger charge is 2.31. The van der Waals surface area contributed by atoms with Crippen LogP contribution in [0.25, 0.3) is 0 Å². The second kappa shape index (κ2) is 9.14. The molecule has 1 heterocycles. The van der Waals surface area contributed by atoms with Crippen molar-refractivity contribution in [3.8, 4) is 11.5 Å². The van der Waals surface area contributed by atoms with Gasteiger partial charge in [0.05, 0.1) is 12.2 Å². The Morgan fingerprint density at radius 1 is 1.06 bits per heavy atom. The molecular weight excluding hydrogens is 404 g/mol. The Balaban J connectivity index is 1.46. The zero-order chi connectivity index (χ0) is 22.7. The van der Waals surface area contributed by atoms with Gasteiger partial charge in [-0.2, -0.15) is 0 Å². The minimum absolute atomic E-state index is 0.0972. The van der Waals surface area contributed by atoms with Crippen molar-refractivity contribution in [3.05, 3.63) is 83.4 Å². The lowest BCUT2D eigenvalue weighted by Crippen LogP contribution is -2.44. The van der Waals surface area contributed by atoms with E-state index in [1.165, 1.54) is 0 Å². The number of ether oxygens (including phenoxy) is 2. The molecule has 0 fully saturated rings. The molecule has 164 valence electrons. The van der Waals surface area contributed by atoms with Crippen LogP contribution in [0.5, 0.6) is 11.5 Å². The quantitative estimate of drug-likeness (QED) is 0.619. The van der Waals surface area contributed by atoms with Crippen LogP contribution in [0, 0.1) is 13.8 Å². The first-order valence-corrected chi connectivity index (χ1v) is 10.6. The number of anilines is 2. The lowest BCUT2D eigenvalue weighted by atomic mass is 10.1. The monoisotopic (exact) mass is 430 g/mol. The van der Waals surface area contributed by atoms with E-state index in [1.54, 1.807) is 30.0 Å². The fraction of sp³-hybridized carbons (Fsp3) is 0.231. The molecule has 1 atom stereocenters. The van der Waals surface area contributed by atoms with Crippen molar-refractivity contribution in [1.29, 1.82) is 0 Å². The highest BCUT2D eigenvalue weighted by atomic mass is 16.5. The number of carbonyl (C=O) groups is 2. The molecule has 0 bridgehead atoms. The van der Waals surface area contributed by atoms with Gasteiger partial charge in [-0.25, -0.2) is 0 Å². The van der Waals surface area contributed by atoms with Gasteiger partial charge in [-0.3, -0.25) is 9.59 Å². The molecule has 32 heavy (non-hydrogen) atoms. The average Bonchev–Trinajstić information content (AvgIpc) is 2.78. The van der Waals surface area contributed by atoms with Gasteiger partial charge in [0.25, 0.3) is 11.8 Å². The lowest BCUT2D eigenvalue weighted by Gasteiger charge is -2.33. The number of benzene rings is 3. The Kier molecular flexibility index (Phi) is 6.12. The molecule has 0 saturated heterocycles. The van der Waals surface area contributed by atoms with Crippen LogP contribution in [-0.4, -0.2) is 24.5 Å². The number of nitrogens with zero attached hydrogens (tertiary/aromatic N) is 1. The molecule has 0 saturated carbocycles. The Morgan fingerprint density at radius 3 is 2.62 bits per heavy atom. The molecule has 0 spiro atoms. The Bertz CT molecular complexity index is 1140. The second-order valence-electron chi connectivity index (χ2n) is 7.89. The van der Waals surface area contributed by atoms with Crippen molar-refractivity contribution < 1.29 is 19.1 Å². The van der Waals surface area contributed by atoms with Crippen LogP contribution in [-0.2, 0) is 16.1 Å². The summed E-state index contributed by atoms with van der Waals surface area (Å²) in [6, 6.07) is 20.9. The van der Waals surface area contributed by atoms with Gasteiger partial charge in [-0.15, -0.1) is 0 Å². The second-order valence-corrected chi connectivity index (χ2v) is 7.89. The molecule has 0 aromatic heterocycles. The molecule has 1 aliphatic heterocycles. The topological polar surface area (TPSA) is 67.9 Å². The maximum Gasteiger partial charge on any atom is 0.268 e. The number of rotatable bonds is 6. The molecular formula is C26H26N2O4. The molecule has 3 aromatic rings. The standard InChI is InChI=1S/C26H26N2O4/c1-17-8-7-11-23(18(17)2)31-16-25(29)27-21-12-13-22-24(14-21)32-19(3)26(30)28(22)15-20-9-5-4-6-10-20/h4-14,19H,15-16H2,1-3H3,(H,27,29). The van der Waals surface area contributed by atoms with Crippen LogP contribution >= 0.6 is 0 Å². The average molecular weight is 431 g/mol. The van der Waals surface area contributed by atoms with Crippen molar-refractivity contribution in [3.63, 3.8) is 0 Å². The van der Waals surface area contributed by atoms with Gasteiger partial charge in [0.1, 0.15) is 11.5 Å². The number of hydrogen-bond acceptors (Lipinski definition) is 4. The summed E-state index contributed by atoms with van der Waals surface area (Å²) < 4.78 is 11.5. The molecule has 3 aromatic carbocycles. The van der Waals surface area contributed by atoms with Crippen LogP contribution in [0.2, 0.25) is 0 Å². The molecule has 1 unspecified atom stereocenters. The predicted molar refractivity (Wildman–Crippen MR) is 124 cm³/mol. The number of amides is 2. The van der Waals surface area contributed by atoms with Crippen LogP contribution in [0.4, 0.5) is 11.4 Å². The van der Waals surface area contributed by atoms with E-state index in [1.807, 2.05) is 62.4 Å². The van der Waals surface area contributed by atoms with Gasteiger partial charge in [0, 0.05) is 11.8 Å². The molecule has 0 radical (unpaired) electrons. The molecule has 0 aliphatic carbocycles. The maximum absolute atomic E-state index is 12.7. The van der Waals surface area contributed by atoms with Gasteiger partial charge in [0.2, 0.25) is 0 Å². The van der Waals surface area contributed by atoms with E-state index >= 15 is 0 Å². The van der Waals surface area contributed by atoms with Gasteiger partial charge in [-0.05, 0) is 55.7 Å². The Morgan fingerprint density at radius 2 is 1.84 bits per heavy atom. The minimum Gasteiger partial charge on any atom is -0.483 e. The molecule has 2 amide bonds. The number of fused-ring (bicyclic) bond motifs is 1. The van der Waals surface area contributed by atoms with Crippen molar-refractivity contribution >= 4 is 23.2 Å². The third kappa shape index (κ3) is 4.59. The highest BCUT2D eigenvalue weighted by molar-refractivity contribution is 6.00. The normalized spacial score (nSPS) is 15.0. The minimum atomic E-state index is -0.607. The molecule has 4 rings (SSSR count). The van der Waals surface area contributed by atoms with E-state index in [0.717, 1.165) is 16.7 Å². The van der Waals surface area contributed by atoms with Crippen molar-refractivity contribution in [1.82, 2.24) is 0 Å². The first-order chi connectivity index (χ1) is 15.4. The summed E-state index contributed by atoms with van der Waals surface area (Å²) in [5, 5.41) is 2.84. The molecule has 1 N–H and O–H groups in total. The number of nitrogens with one attached hydrogen (secondary N) is 1. The van der Waals surface area contributed by atoms with Crippen LogP contribution in [0.3, 0.4) is 0 Å². The van der Waals surface area contributed by atoms with Gasteiger partial charge in [-0.1, -0.05) is 42.5 Å². The first kappa shape index (κ1) is 21.4. The molecule has 1 aliphatic rings. The van der Waals surface area contributed by atoms with Crippen molar-refractivity contribution in [2.75, 3.05) is 16.8 Å². The highest BCUT2D eigenvalue weighted by Crippen LogP contribution is 2.37. The van der Waals surface area contributed by atoms with E-state index in [4.69, 9.17) is 9.47 Å². The molecule has 6 heteroatoms. The number of carbonyl (C=O) groups excluding carboxylic acids is 2. The summed E-state index contributed by atoms with van der Waals surface area (Å²) in [5.41, 5.74) is 4.42. The largest absolute Gasteiger partial charge is 0.483 e. The zero-order valence-corrected chi connectivity index (χ0v) is 18.4. The summed E-state index contributed by atoms with van der Waals surface area (Å²) in [5.74, 6) is 0.881. The summed E-state index contributed by atoms with van der Waals surface area (Å²) in [6.45, 7) is 6.05. The smallest absolute Gasteiger partial charge is 0.268 e. The van der Waals surface area contributed by atoms with Crippen LogP contribution in [0.1, 0.15) is 23.6 Å². The summed E-state index contributed by atoms with van der Waals surface area (Å²) in [7, 11) is 0. The Labute approximate surface area is 187 Å². The van der Waals surface area contributed by atoms with Gasteiger partial charge >= 0.3 is 0 Å². The third-order valence-corrected chi connectivity index (χ3v) is 5.55. The van der Waals surface area contributed by atoms with Crippen LogP contribution < -0.4 is 19.7 Å². The van der Waals surface area contributed by atoms with Crippen LogP contribution in [0.15, 0.2) is 66.7 Å². The van der Waals surface area contributed by atoms with E-state index in [9.17, 15) is 9.59 Å². The lowest BCUT2D eigenvalue weighted by molar-refractivity contribution is -0.125. The fourth-order valence-electron chi connectivity index (χ4n) is 3.64.